The fourth-order valence-electron chi connectivity index (χ4n) is 2.17. The first-order valence-corrected chi connectivity index (χ1v) is 5.90. The zero-order chi connectivity index (χ0) is 12.3. The third kappa shape index (κ3) is 2.56. The highest BCUT2D eigenvalue weighted by molar-refractivity contribution is 5.54. The molecule has 4 heteroatoms. The molecule has 0 spiro atoms. The van der Waals surface area contributed by atoms with Crippen molar-refractivity contribution in [3.8, 4) is 6.07 Å². The Morgan fingerprint density at radius 1 is 1.41 bits per heavy atom. The van der Waals surface area contributed by atoms with E-state index in [2.05, 4.69) is 16.0 Å². The van der Waals surface area contributed by atoms with Gasteiger partial charge in [-0.2, -0.15) is 5.26 Å². The highest BCUT2D eigenvalue weighted by atomic mass is 16.5. The fourth-order valence-corrected chi connectivity index (χ4v) is 2.17. The van der Waals surface area contributed by atoms with E-state index in [1.807, 2.05) is 19.1 Å². The van der Waals surface area contributed by atoms with Crippen LogP contribution in [0.3, 0.4) is 0 Å². The van der Waals surface area contributed by atoms with Gasteiger partial charge in [0.25, 0.3) is 0 Å². The predicted octanol–water partition coefficient (Wildman–Crippen LogP) is 1.88. The first-order chi connectivity index (χ1) is 8.24. The Balaban J connectivity index is 2.18. The number of methoxy groups -OCH3 is 1. The summed E-state index contributed by atoms with van der Waals surface area (Å²) in [5, 5.41) is 9.10. The molecule has 1 aliphatic rings. The van der Waals surface area contributed by atoms with E-state index >= 15 is 0 Å². The molecular formula is C13H17N3O. The van der Waals surface area contributed by atoms with Gasteiger partial charge in [-0.05, 0) is 31.9 Å². The molecule has 0 aliphatic carbocycles. The molecular weight excluding hydrogens is 214 g/mol. The van der Waals surface area contributed by atoms with Crippen molar-refractivity contribution < 1.29 is 4.74 Å². The molecule has 1 aromatic heterocycles. The van der Waals surface area contributed by atoms with E-state index in [0.29, 0.717) is 11.7 Å². The second-order valence-corrected chi connectivity index (χ2v) is 4.36. The van der Waals surface area contributed by atoms with Gasteiger partial charge < -0.3 is 9.64 Å². The third-order valence-electron chi connectivity index (χ3n) is 3.21. The lowest BCUT2D eigenvalue weighted by atomic mass is 10.1. The van der Waals surface area contributed by atoms with Gasteiger partial charge in [0.05, 0.1) is 11.7 Å². The summed E-state index contributed by atoms with van der Waals surface area (Å²) in [6.07, 6.45) is 2.34. The maximum absolute atomic E-state index is 9.10. The number of aromatic nitrogens is 1. The monoisotopic (exact) mass is 231 g/mol. The van der Waals surface area contributed by atoms with Crippen LogP contribution in [-0.4, -0.2) is 31.3 Å². The van der Waals surface area contributed by atoms with Crippen LogP contribution in [-0.2, 0) is 4.74 Å². The van der Waals surface area contributed by atoms with Crippen LogP contribution in [0.1, 0.15) is 24.1 Å². The normalized spacial score (nSPS) is 16.9. The van der Waals surface area contributed by atoms with Crippen LogP contribution in [0.25, 0.3) is 0 Å². The molecule has 0 unspecified atom stereocenters. The third-order valence-corrected chi connectivity index (χ3v) is 3.21. The molecule has 1 aromatic rings. The Bertz CT molecular complexity index is 431. The maximum atomic E-state index is 9.10. The second-order valence-electron chi connectivity index (χ2n) is 4.36. The summed E-state index contributed by atoms with van der Waals surface area (Å²) in [5.74, 6) is 0.821. The molecule has 0 aromatic carbocycles. The zero-order valence-corrected chi connectivity index (χ0v) is 10.3. The van der Waals surface area contributed by atoms with Gasteiger partial charge in [0, 0.05) is 25.9 Å². The Kier molecular flexibility index (Phi) is 3.60. The number of aryl methyl sites for hydroxylation is 1. The van der Waals surface area contributed by atoms with Gasteiger partial charge in [-0.3, -0.25) is 0 Å². The summed E-state index contributed by atoms with van der Waals surface area (Å²) in [6.45, 7) is 3.76. The summed E-state index contributed by atoms with van der Waals surface area (Å²) in [7, 11) is 1.76. The van der Waals surface area contributed by atoms with Crippen LogP contribution < -0.4 is 4.90 Å². The molecule has 1 aliphatic heterocycles. The van der Waals surface area contributed by atoms with Gasteiger partial charge >= 0.3 is 0 Å². The van der Waals surface area contributed by atoms with E-state index < -0.39 is 0 Å². The molecule has 0 bridgehead atoms. The van der Waals surface area contributed by atoms with Gasteiger partial charge in [0.1, 0.15) is 11.9 Å². The van der Waals surface area contributed by atoms with Crippen LogP contribution in [0.4, 0.5) is 5.82 Å². The van der Waals surface area contributed by atoms with Crippen LogP contribution in [0.15, 0.2) is 12.1 Å². The lowest BCUT2D eigenvalue weighted by Gasteiger charge is -2.32. The van der Waals surface area contributed by atoms with Gasteiger partial charge in [-0.1, -0.05) is 0 Å². The summed E-state index contributed by atoms with van der Waals surface area (Å²) in [4.78, 5) is 6.66. The standard InChI is InChI=1S/C13H17N3O/c1-10-3-4-11(9-14)13(15-10)16-7-5-12(17-2)6-8-16/h3-4,12H,5-8H2,1-2H3. The first-order valence-electron chi connectivity index (χ1n) is 5.90. The van der Waals surface area contributed by atoms with Crippen molar-refractivity contribution in [3.05, 3.63) is 23.4 Å². The molecule has 2 rings (SSSR count). The largest absolute Gasteiger partial charge is 0.381 e. The van der Waals surface area contributed by atoms with E-state index in [1.165, 1.54) is 0 Å². The molecule has 1 fully saturated rings. The zero-order valence-electron chi connectivity index (χ0n) is 10.3. The molecule has 0 N–H and O–H groups in total. The van der Waals surface area contributed by atoms with Crippen molar-refractivity contribution in [1.29, 1.82) is 5.26 Å². The molecule has 90 valence electrons. The van der Waals surface area contributed by atoms with E-state index in [1.54, 1.807) is 7.11 Å². The number of rotatable bonds is 2. The number of nitrogens with zero attached hydrogens (tertiary/aromatic N) is 3. The first kappa shape index (κ1) is 11.9. The van der Waals surface area contributed by atoms with Crippen LogP contribution in [0, 0.1) is 18.3 Å². The minimum absolute atomic E-state index is 0.349. The highest BCUT2D eigenvalue weighted by Crippen LogP contribution is 2.22. The van der Waals surface area contributed by atoms with Crippen molar-refractivity contribution in [2.24, 2.45) is 0 Å². The van der Waals surface area contributed by atoms with E-state index in [4.69, 9.17) is 10.00 Å². The lowest BCUT2D eigenvalue weighted by Crippen LogP contribution is -2.37. The van der Waals surface area contributed by atoms with Crippen molar-refractivity contribution >= 4 is 5.82 Å². The molecule has 17 heavy (non-hydrogen) atoms. The van der Waals surface area contributed by atoms with E-state index in [-0.39, 0.29) is 0 Å². The smallest absolute Gasteiger partial charge is 0.146 e. The number of pyridine rings is 1. The number of hydrogen-bond donors (Lipinski definition) is 0. The fraction of sp³-hybridized carbons (Fsp3) is 0.538. The van der Waals surface area contributed by atoms with Crippen molar-refractivity contribution in [3.63, 3.8) is 0 Å². The molecule has 0 amide bonds. The van der Waals surface area contributed by atoms with Crippen molar-refractivity contribution in [2.45, 2.75) is 25.9 Å². The Labute approximate surface area is 102 Å². The molecule has 2 heterocycles. The molecule has 0 atom stereocenters. The van der Waals surface area contributed by atoms with Crippen molar-refractivity contribution in [2.75, 3.05) is 25.1 Å². The van der Waals surface area contributed by atoms with Gasteiger partial charge in [0.15, 0.2) is 0 Å². The Morgan fingerprint density at radius 3 is 2.71 bits per heavy atom. The van der Waals surface area contributed by atoms with Crippen molar-refractivity contribution in [1.82, 2.24) is 4.98 Å². The Hall–Kier alpha value is -1.60. The number of nitriles is 1. The van der Waals surface area contributed by atoms with E-state index in [0.717, 1.165) is 37.4 Å². The summed E-state index contributed by atoms with van der Waals surface area (Å²) < 4.78 is 5.34. The molecule has 1 saturated heterocycles. The topological polar surface area (TPSA) is 49.1 Å². The average molecular weight is 231 g/mol. The molecule has 4 nitrogen and oxygen atoms in total. The van der Waals surface area contributed by atoms with Crippen LogP contribution in [0.2, 0.25) is 0 Å². The van der Waals surface area contributed by atoms with Crippen LogP contribution in [0.5, 0.6) is 0 Å². The number of anilines is 1. The lowest BCUT2D eigenvalue weighted by molar-refractivity contribution is 0.0818. The molecule has 0 saturated carbocycles. The van der Waals surface area contributed by atoms with Crippen LogP contribution >= 0.6 is 0 Å². The number of piperidine rings is 1. The van der Waals surface area contributed by atoms with E-state index in [9.17, 15) is 0 Å². The second kappa shape index (κ2) is 5.15. The minimum atomic E-state index is 0.349. The summed E-state index contributed by atoms with van der Waals surface area (Å²) >= 11 is 0. The minimum Gasteiger partial charge on any atom is -0.381 e. The molecule has 0 radical (unpaired) electrons. The van der Waals surface area contributed by atoms with Gasteiger partial charge in [-0.15, -0.1) is 0 Å². The SMILES string of the molecule is COC1CCN(c2nc(C)ccc2C#N)CC1. The van der Waals surface area contributed by atoms with Gasteiger partial charge in [-0.25, -0.2) is 4.98 Å². The average Bonchev–Trinajstić information content (AvgIpc) is 2.39. The van der Waals surface area contributed by atoms with Gasteiger partial charge in [0.2, 0.25) is 0 Å². The predicted molar refractivity (Wildman–Crippen MR) is 65.9 cm³/mol. The Morgan fingerprint density at radius 2 is 2.12 bits per heavy atom. The highest BCUT2D eigenvalue weighted by Gasteiger charge is 2.21. The maximum Gasteiger partial charge on any atom is 0.146 e. The quantitative estimate of drug-likeness (QED) is 0.779. The number of ether oxygens (including phenoxy) is 1. The number of hydrogen-bond acceptors (Lipinski definition) is 4. The summed E-state index contributed by atoms with van der Waals surface area (Å²) in [5.41, 5.74) is 1.61. The summed E-state index contributed by atoms with van der Waals surface area (Å²) in [6, 6.07) is 5.94.